The maximum Gasteiger partial charge on any atom is 0.251 e. The van der Waals surface area contributed by atoms with Gasteiger partial charge in [-0.15, -0.1) is 0 Å². The molecule has 8 heteroatoms. The van der Waals surface area contributed by atoms with E-state index in [2.05, 4.69) is 10.3 Å². The SMILES string of the molecule is Cc1c(F)cc(C(=O)NC2CC2)cc1-c1ccc(C(=O)c2cn(CC(O)CO)c3ccccc23)cn1. The Morgan fingerprint density at radius 3 is 2.64 bits per heavy atom. The molecule has 2 aromatic carbocycles. The van der Waals surface area contributed by atoms with Crippen molar-refractivity contribution in [1.82, 2.24) is 14.9 Å². The molecule has 7 nitrogen and oxygen atoms in total. The summed E-state index contributed by atoms with van der Waals surface area (Å²) in [7, 11) is 0. The van der Waals surface area contributed by atoms with Gasteiger partial charge in [-0.25, -0.2) is 4.39 Å². The average molecular weight is 488 g/mol. The molecule has 5 rings (SSSR count). The highest BCUT2D eigenvalue weighted by Crippen LogP contribution is 2.28. The number of carbonyl (C=O) groups excluding carboxylic acids is 2. The molecule has 2 heterocycles. The molecule has 1 atom stereocenters. The van der Waals surface area contributed by atoms with Crippen LogP contribution in [-0.2, 0) is 6.54 Å². The number of hydrogen-bond donors (Lipinski definition) is 3. The summed E-state index contributed by atoms with van der Waals surface area (Å²) in [4.78, 5) is 30.3. The van der Waals surface area contributed by atoms with Gasteiger partial charge in [0.1, 0.15) is 5.82 Å². The minimum atomic E-state index is -0.949. The monoisotopic (exact) mass is 487 g/mol. The lowest BCUT2D eigenvalue weighted by Gasteiger charge is -2.11. The van der Waals surface area contributed by atoms with Crippen LogP contribution in [0.5, 0.6) is 0 Å². The normalized spacial score (nSPS) is 14.1. The first-order valence-corrected chi connectivity index (χ1v) is 11.8. The van der Waals surface area contributed by atoms with Crippen molar-refractivity contribution in [2.45, 2.75) is 38.5 Å². The molecule has 0 spiro atoms. The number of hydrogen-bond acceptors (Lipinski definition) is 5. The second kappa shape index (κ2) is 9.64. The fraction of sp³-hybridized carbons (Fsp3) is 0.250. The van der Waals surface area contributed by atoms with Gasteiger partial charge in [0.25, 0.3) is 5.91 Å². The summed E-state index contributed by atoms with van der Waals surface area (Å²) < 4.78 is 16.4. The zero-order valence-electron chi connectivity index (χ0n) is 19.7. The minimum absolute atomic E-state index is 0.150. The van der Waals surface area contributed by atoms with Crippen molar-refractivity contribution in [3.05, 3.63) is 89.0 Å². The zero-order valence-corrected chi connectivity index (χ0v) is 19.7. The molecule has 36 heavy (non-hydrogen) atoms. The molecule has 1 aliphatic rings. The van der Waals surface area contributed by atoms with E-state index in [1.165, 1.54) is 12.3 Å². The Morgan fingerprint density at radius 1 is 1.17 bits per heavy atom. The summed E-state index contributed by atoms with van der Waals surface area (Å²) in [5.74, 6) is -1.05. The first-order chi connectivity index (χ1) is 17.4. The van der Waals surface area contributed by atoms with E-state index in [1.54, 1.807) is 35.9 Å². The van der Waals surface area contributed by atoms with Crippen LogP contribution in [0.15, 0.2) is 60.9 Å². The number of pyridine rings is 1. The van der Waals surface area contributed by atoms with Gasteiger partial charge in [0.15, 0.2) is 5.78 Å². The molecular formula is C28H26FN3O4. The molecule has 1 fully saturated rings. The van der Waals surface area contributed by atoms with E-state index < -0.39 is 11.9 Å². The number of fused-ring (bicyclic) bond motifs is 1. The van der Waals surface area contributed by atoms with E-state index in [4.69, 9.17) is 0 Å². The first-order valence-electron chi connectivity index (χ1n) is 11.8. The molecule has 0 radical (unpaired) electrons. The Hall–Kier alpha value is -3.88. The number of amides is 1. The maximum atomic E-state index is 14.6. The van der Waals surface area contributed by atoms with Crippen LogP contribution < -0.4 is 5.32 Å². The van der Waals surface area contributed by atoms with Crippen LogP contribution in [0.25, 0.3) is 22.2 Å². The van der Waals surface area contributed by atoms with Crippen LogP contribution in [0, 0.1) is 12.7 Å². The third-order valence-corrected chi connectivity index (χ3v) is 6.47. The van der Waals surface area contributed by atoms with Gasteiger partial charge >= 0.3 is 0 Å². The van der Waals surface area contributed by atoms with Gasteiger partial charge in [0.2, 0.25) is 0 Å². The zero-order chi connectivity index (χ0) is 25.4. The molecule has 1 unspecified atom stereocenters. The maximum absolute atomic E-state index is 14.6. The largest absolute Gasteiger partial charge is 0.394 e. The van der Waals surface area contributed by atoms with Gasteiger partial charge in [-0.3, -0.25) is 14.6 Å². The minimum Gasteiger partial charge on any atom is -0.394 e. The van der Waals surface area contributed by atoms with E-state index in [1.807, 2.05) is 24.3 Å². The third-order valence-electron chi connectivity index (χ3n) is 6.47. The van der Waals surface area contributed by atoms with E-state index in [-0.39, 0.29) is 36.4 Å². The number of aromatic nitrogens is 2. The van der Waals surface area contributed by atoms with Gasteiger partial charge in [0, 0.05) is 51.6 Å². The number of nitrogens with zero attached hydrogens (tertiary/aromatic N) is 2. The van der Waals surface area contributed by atoms with Gasteiger partial charge in [-0.2, -0.15) is 0 Å². The number of aliphatic hydroxyl groups is 2. The summed E-state index contributed by atoms with van der Waals surface area (Å²) >= 11 is 0. The summed E-state index contributed by atoms with van der Waals surface area (Å²) in [5.41, 5.74) is 3.12. The number of ketones is 1. The van der Waals surface area contributed by atoms with Crippen molar-refractivity contribution < 1.29 is 24.2 Å². The van der Waals surface area contributed by atoms with Crippen molar-refractivity contribution in [2.24, 2.45) is 0 Å². The Bertz CT molecular complexity index is 1460. The highest BCUT2D eigenvalue weighted by molar-refractivity contribution is 6.16. The lowest BCUT2D eigenvalue weighted by molar-refractivity contribution is 0.0821. The van der Waals surface area contributed by atoms with Crippen molar-refractivity contribution in [3.8, 4) is 11.3 Å². The molecule has 0 saturated heterocycles. The van der Waals surface area contributed by atoms with Crippen molar-refractivity contribution in [2.75, 3.05) is 6.61 Å². The molecule has 0 aliphatic heterocycles. The molecule has 3 N–H and O–H groups in total. The molecule has 4 aromatic rings. The number of para-hydroxylation sites is 1. The van der Waals surface area contributed by atoms with E-state index in [0.29, 0.717) is 27.9 Å². The van der Waals surface area contributed by atoms with Crippen LogP contribution >= 0.6 is 0 Å². The van der Waals surface area contributed by atoms with E-state index in [9.17, 15) is 24.2 Å². The van der Waals surface area contributed by atoms with Crippen LogP contribution in [-0.4, -0.2) is 50.2 Å². The molecular weight excluding hydrogens is 461 g/mol. The topological polar surface area (TPSA) is 104 Å². The first kappa shape index (κ1) is 23.8. The second-order valence-corrected chi connectivity index (χ2v) is 9.19. The number of rotatable bonds is 8. The highest BCUT2D eigenvalue weighted by atomic mass is 19.1. The standard InChI is InChI=1S/C28H26FN3O4/c1-16-22(10-18(11-24(16)29)28(36)31-19-7-8-19)25-9-6-17(12-30-25)27(35)23-14-32(13-20(34)15-33)26-5-3-2-4-21(23)26/h2-6,9-12,14,19-20,33-34H,7-8,13,15H2,1H3,(H,31,36). The Kier molecular flexibility index (Phi) is 6.38. The molecule has 1 saturated carbocycles. The van der Waals surface area contributed by atoms with Gasteiger partial charge in [0.05, 0.1) is 24.9 Å². The molecule has 1 aliphatic carbocycles. The van der Waals surface area contributed by atoms with E-state index >= 15 is 0 Å². The molecule has 1 amide bonds. The summed E-state index contributed by atoms with van der Waals surface area (Å²) in [6.45, 7) is 1.39. The number of halogens is 1. The fourth-order valence-corrected chi connectivity index (χ4v) is 4.28. The van der Waals surface area contributed by atoms with Gasteiger partial charge in [-0.05, 0) is 55.7 Å². The lowest BCUT2D eigenvalue weighted by atomic mass is 9.99. The molecule has 0 bridgehead atoms. The summed E-state index contributed by atoms with van der Waals surface area (Å²) in [5, 5.41) is 22.7. The second-order valence-electron chi connectivity index (χ2n) is 9.19. The Labute approximate surface area is 207 Å². The van der Waals surface area contributed by atoms with Crippen molar-refractivity contribution >= 4 is 22.6 Å². The van der Waals surface area contributed by atoms with Gasteiger partial charge in [-0.1, -0.05) is 18.2 Å². The molecule has 184 valence electrons. The lowest BCUT2D eigenvalue weighted by Crippen LogP contribution is -2.25. The van der Waals surface area contributed by atoms with Crippen LogP contribution in [0.3, 0.4) is 0 Å². The predicted molar refractivity (Wildman–Crippen MR) is 133 cm³/mol. The number of aliphatic hydroxyl groups excluding tert-OH is 2. The quantitative estimate of drug-likeness (QED) is 0.329. The summed E-state index contributed by atoms with van der Waals surface area (Å²) in [6.07, 6.45) is 4.03. The summed E-state index contributed by atoms with van der Waals surface area (Å²) in [6, 6.07) is 13.6. The smallest absolute Gasteiger partial charge is 0.251 e. The van der Waals surface area contributed by atoms with Crippen LogP contribution in [0.1, 0.15) is 44.7 Å². The Balaban J connectivity index is 1.45. The van der Waals surface area contributed by atoms with Crippen molar-refractivity contribution in [1.29, 1.82) is 0 Å². The van der Waals surface area contributed by atoms with Crippen LogP contribution in [0.2, 0.25) is 0 Å². The van der Waals surface area contributed by atoms with Gasteiger partial charge < -0.3 is 20.1 Å². The highest BCUT2D eigenvalue weighted by Gasteiger charge is 2.25. The average Bonchev–Trinajstić information content (AvgIpc) is 3.64. The number of benzene rings is 2. The van der Waals surface area contributed by atoms with Crippen LogP contribution in [0.4, 0.5) is 4.39 Å². The number of nitrogens with one attached hydrogen (secondary N) is 1. The van der Waals surface area contributed by atoms with E-state index in [0.717, 1.165) is 23.7 Å². The third kappa shape index (κ3) is 4.65. The van der Waals surface area contributed by atoms with Crippen molar-refractivity contribution in [3.63, 3.8) is 0 Å². The number of carbonyl (C=O) groups is 2. The molecule has 2 aromatic heterocycles. The Morgan fingerprint density at radius 2 is 1.94 bits per heavy atom. The fourth-order valence-electron chi connectivity index (χ4n) is 4.28. The predicted octanol–water partition coefficient (Wildman–Crippen LogP) is 3.63.